The van der Waals surface area contributed by atoms with Crippen LogP contribution >= 0.6 is 0 Å². The lowest BCUT2D eigenvalue weighted by Crippen LogP contribution is -2.74. The van der Waals surface area contributed by atoms with E-state index in [1.54, 1.807) is 0 Å². The van der Waals surface area contributed by atoms with Crippen LogP contribution in [0.5, 0.6) is 0 Å². The number of aromatic nitrogens is 2. The largest absolute Gasteiger partial charge is 0.311 e. The number of fused-ring (bicyclic) bond motifs is 10. The lowest BCUT2D eigenvalue weighted by Gasteiger charge is -2.45. The van der Waals surface area contributed by atoms with Crippen molar-refractivity contribution in [2.75, 3.05) is 14.7 Å². The Kier molecular flexibility index (Phi) is 15.6. The van der Waals surface area contributed by atoms with Crippen molar-refractivity contribution < 1.29 is 0 Å². The van der Waals surface area contributed by atoms with Crippen LogP contribution in [-0.4, -0.2) is 32.0 Å². The Hall–Kier alpha value is -13.8. The fourth-order valence-corrected chi connectivity index (χ4v) is 28.4. The maximum atomic E-state index is 2.66. The van der Waals surface area contributed by atoms with Crippen LogP contribution in [0.3, 0.4) is 0 Å². The van der Waals surface area contributed by atoms with Gasteiger partial charge in [-0.15, -0.1) is 0 Å². The van der Waals surface area contributed by atoms with E-state index in [0.29, 0.717) is 0 Å². The molecule has 0 saturated heterocycles. The van der Waals surface area contributed by atoms with Gasteiger partial charge >= 0.3 is 0 Å². The van der Waals surface area contributed by atoms with E-state index >= 15 is 0 Å². The van der Waals surface area contributed by atoms with Crippen molar-refractivity contribution in [1.29, 1.82) is 0 Å². The van der Waals surface area contributed by atoms with Gasteiger partial charge in [0.25, 0.3) is 6.71 Å². The molecule has 0 spiro atoms. The zero-order valence-electron chi connectivity index (χ0n) is 60.4. The second-order valence-corrected chi connectivity index (χ2v) is 36.6. The Morgan fingerprint density at radius 1 is 0.200 bits per heavy atom. The van der Waals surface area contributed by atoms with Crippen LogP contribution in [-0.2, 0) is 0 Å². The maximum Gasteiger partial charge on any atom is 0.252 e. The molecule has 21 rings (SSSR count). The molecule has 2 aliphatic rings. The molecule has 4 heterocycles. The Morgan fingerprint density at radius 3 is 0.882 bits per heavy atom. The minimum atomic E-state index is -3.15. The Morgan fingerprint density at radius 2 is 0.509 bits per heavy atom. The summed E-state index contributed by atoms with van der Waals surface area (Å²) >= 11 is 0. The zero-order valence-corrected chi connectivity index (χ0v) is 62.4. The topological polar surface area (TPSA) is 19.6 Å². The van der Waals surface area contributed by atoms with E-state index in [4.69, 9.17) is 0 Å². The Balaban J connectivity index is 0.913. The molecule has 0 saturated carbocycles. The SMILES string of the molecule is c1ccc(N(c2ccccc2)c2cc3c4c(c2)N(c2cccc([Si](c5ccccc5)(c5ccccc5)c5ccccc5)c2)c2cc(-n5c6ccccc6c6ccccc65)ccc2B4c2cc(-n4c5ccccc5c5ccccc54)ccc2N3c2cccc([Si](c3ccccc3)(c3ccccc3)c3ccccc3)c2)cc1. The highest BCUT2D eigenvalue weighted by Crippen LogP contribution is 2.49. The molecular weight excluding hydrogens is 1360 g/mol. The summed E-state index contributed by atoms with van der Waals surface area (Å²) in [5.74, 6) is 0. The number of hydrogen-bond acceptors (Lipinski definition) is 3. The molecule has 0 unspecified atom stereocenters. The third-order valence-electron chi connectivity index (χ3n) is 23.3. The average Bonchev–Trinajstić information content (AvgIpc) is 0.703. The van der Waals surface area contributed by atoms with Gasteiger partial charge in [0.1, 0.15) is 0 Å². The van der Waals surface area contributed by atoms with Crippen LogP contribution in [0.2, 0.25) is 0 Å². The van der Waals surface area contributed by atoms with Crippen molar-refractivity contribution in [2.45, 2.75) is 0 Å². The lowest BCUT2D eigenvalue weighted by atomic mass is 9.33. The van der Waals surface area contributed by atoms with Gasteiger partial charge in [0.15, 0.2) is 16.1 Å². The second-order valence-electron chi connectivity index (χ2n) is 29.0. The van der Waals surface area contributed by atoms with Crippen molar-refractivity contribution in [3.05, 3.63) is 437 Å². The Labute approximate surface area is 643 Å². The summed E-state index contributed by atoms with van der Waals surface area (Å²) in [5, 5.41) is 15.3. The predicted molar refractivity (Wildman–Crippen MR) is 471 cm³/mol. The van der Waals surface area contributed by atoms with Crippen LogP contribution in [0.15, 0.2) is 437 Å². The molecule has 2 aliphatic heterocycles. The van der Waals surface area contributed by atoms with E-state index in [-0.39, 0.29) is 6.71 Å². The molecule has 5 nitrogen and oxygen atoms in total. The molecule has 8 heteroatoms. The average molecular weight is 1430 g/mol. The van der Waals surface area contributed by atoms with Gasteiger partial charge in [0.2, 0.25) is 0 Å². The van der Waals surface area contributed by atoms with Crippen molar-refractivity contribution in [3.63, 3.8) is 0 Å². The first-order valence-corrected chi connectivity index (χ1v) is 42.1. The minimum absolute atomic E-state index is 0.294. The van der Waals surface area contributed by atoms with Crippen LogP contribution in [0, 0.1) is 0 Å². The van der Waals surface area contributed by atoms with Gasteiger partial charge in [0.05, 0.1) is 27.8 Å². The smallest absolute Gasteiger partial charge is 0.252 e. The minimum Gasteiger partial charge on any atom is -0.311 e. The van der Waals surface area contributed by atoms with Gasteiger partial charge < -0.3 is 23.8 Å². The molecule has 0 fully saturated rings. The van der Waals surface area contributed by atoms with Crippen molar-refractivity contribution in [1.82, 2.24) is 9.13 Å². The number of nitrogens with zero attached hydrogens (tertiary/aromatic N) is 5. The third-order valence-corrected chi connectivity index (χ3v) is 32.8. The first-order valence-electron chi connectivity index (χ1n) is 38.1. The zero-order chi connectivity index (χ0) is 72.7. The molecule has 2 aromatic heterocycles. The molecule has 110 heavy (non-hydrogen) atoms. The fraction of sp³-hybridized carbons (Fsp3) is 0. The molecular formula is C102H72BN5Si2. The summed E-state index contributed by atoms with van der Waals surface area (Å²) in [5.41, 5.74) is 20.1. The van der Waals surface area contributed by atoms with Gasteiger partial charge in [-0.25, -0.2) is 0 Å². The lowest BCUT2D eigenvalue weighted by molar-refractivity contribution is 1.17. The molecule has 0 bridgehead atoms. The molecule has 0 N–H and O–H groups in total. The number of para-hydroxylation sites is 6. The summed E-state index contributed by atoms with van der Waals surface area (Å²) in [4.78, 5) is 7.78. The monoisotopic (exact) mass is 1430 g/mol. The van der Waals surface area contributed by atoms with Crippen LogP contribution < -0.4 is 72.6 Å². The van der Waals surface area contributed by atoms with E-state index in [2.05, 4.69) is 461 Å². The number of hydrogen-bond donors (Lipinski definition) is 0. The van der Waals surface area contributed by atoms with E-state index in [1.807, 2.05) is 0 Å². The quantitative estimate of drug-likeness (QED) is 0.0753. The van der Waals surface area contributed by atoms with Gasteiger partial charge in [-0.05, 0) is 173 Å². The highest BCUT2D eigenvalue weighted by molar-refractivity contribution is 7.20. The summed E-state index contributed by atoms with van der Waals surface area (Å²) in [6.07, 6.45) is 0. The van der Waals surface area contributed by atoms with Crippen molar-refractivity contribution in [3.8, 4) is 11.4 Å². The van der Waals surface area contributed by atoms with E-state index in [1.165, 1.54) is 79.4 Å². The fourth-order valence-electron chi connectivity index (χ4n) is 18.8. The van der Waals surface area contributed by atoms with E-state index in [9.17, 15) is 0 Å². The first-order chi connectivity index (χ1) is 54.6. The van der Waals surface area contributed by atoms with Gasteiger partial charge in [0, 0.05) is 78.4 Å². The number of anilines is 9. The molecule has 0 atom stereocenters. The highest BCUT2D eigenvalue weighted by atomic mass is 28.3. The van der Waals surface area contributed by atoms with Gasteiger partial charge in [-0.3, -0.25) is 0 Å². The highest BCUT2D eigenvalue weighted by Gasteiger charge is 2.48. The van der Waals surface area contributed by atoms with Crippen LogP contribution in [0.25, 0.3) is 55.0 Å². The first kappa shape index (κ1) is 64.6. The second kappa shape index (κ2) is 26.6. The van der Waals surface area contributed by atoms with Crippen molar-refractivity contribution >= 4 is 176 Å². The number of benzene rings is 17. The van der Waals surface area contributed by atoms with Gasteiger partial charge in [-0.2, -0.15) is 0 Å². The molecule has 0 amide bonds. The maximum absolute atomic E-state index is 3.15. The third kappa shape index (κ3) is 10.1. The predicted octanol–water partition coefficient (Wildman–Crippen LogP) is 18.2. The van der Waals surface area contributed by atoms with E-state index in [0.717, 1.165) is 84.6 Å². The molecule has 516 valence electrons. The molecule has 17 aromatic carbocycles. The van der Waals surface area contributed by atoms with Crippen LogP contribution in [0.4, 0.5) is 51.2 Å². The van der Waals surface area contributed by atoms with Gasteiger partial charge in [-0.1, -0.05) is 322 Å². The van der Waals surface area contributed by atoms with Crippen LogP contribution in [0.1, 0.15) is 0 Å². The number of rotatable bonds is 15. The molecule has 19 aromatic rings. The summed E-state index contributed by atoms with van der Waals surface area (Å²) < 4.78 is 5.00. The molecule has 0 radical (unpaired) electrons. The normalized spacial score (nSPS) is 12.5. The standard InChI is InChI=1S/C102H72BN5Si2/c1-9-35-73(36-10-1)104(74-37-11-2-12-38-74)79-71-100-102-101(72-79)108(76-40-34-54-87(68-76)110(83-47-19-6-20-48-83,84-49-21-7-22-50-84)85-51-23-8-24-52-85)99-70-78(106-96-61-31-27-57-90(96)91-58-28-32-62-97(91)106)63-65-92(99)103(102)93-69-77(105-94-59-29-25-55-88(94)89-56-26-30-60-95(89)105)64-66-98(93)107(100)75-39-33-53-86(67-75)109(80-41-13-3-14-42-80,81-43-15-4-16-44-81)82-45-17-5-18-46-82/h1-72H. The summed E-state index contributed by atoms with van der Waals surface area (Å²) in [6.45, 7) is -0.294. The van der Waals surface area contributed by atoms with Crippen molar-refractivity contribution in [2.24, 2.45) is 0 Å². The van der Waals surface area contributed by atoms with E-state index < -0.39 is 16.1 Å². The summed E-state index contributed by atoms with van der Waals surface area (Å²) in [6, 6.07) is 165. The summed E-state index contributed by atoms with van der Waals surface area (Å²) in [7, 11) is -6.26. The Bertz CT molecular complexity index is 6340. The molecule has 0 aliphatic carbocycles.